The van der Waals surface area contributed by atoms with Gasteiger partial charge in [0.15, 0.2) is 6.29 Å². The zero-order valence-corrected chi connectivity index (χ0v) is 42.4. The van der Waals surface area contributed by atoms with Crippen LogP contribution in [0.15, 0.2) is 97.2 Å². The van der Waals surface area contributed by atoms with Crippen molar-refractivity contribution in [2.45, 2.75) is 249 Å². The van der Waals surface area contributed by atoms with Crippen LogP contribution in [0.2, 0.25) is 0 Å². The number of carbonyl (C=O) groups is 1. The van der Waals surface area contributed by atoms with E-state index in [1.807, 2.05) is 0 Å². The topological polar surface area (TPSA) is 149 Å². The quantitative estimate of drug-likeness (QED) is 0.0261. The van der Waals surface area contributed by atoms with Crippen molar-refractivity contribution < 1.29 is 39.8 Å². The van der Waals surface area contributed by atoms with E-state index >= 15 is 0 Å². The van der Waals surface area contributed by atoms with Gasteiger partial charge in [-0.15, -0.1) is 0 Å². The first-order chi connectivity index (χ1) is 32.8. The third-order valence-corrected chi connectivity index (χ3v) is 12.2. The molecule has 9 heteroatoms. The second-order valence-electron chi connectivity index (χ2n) is 18.3. The average Bonchev–Trinajstić information content (AvgIpc) is 3.33. The van der Waals surface area contributed by atoms with E-state index in [4.69, 9.17) is 9.47 Å². The van der Waals surface area contributed by atoms with E-state index in [2.05, 4.69) is 116 Å². The Balaban J connectivity index is 2.27. The molecule has 0 saturated carbocycles. The summed E-state index contributed by atoms with van der Waals surface area (Å²) >= 11 is 0. The zero-order chi connectivity index (χ0) is 48.7. The summed E-state index contributed by atoms with van der Waals surface area (Å²) in [6.07, 6.45) is 59.9. The van der Waals surface area contributed by atoms with E-state index < -0.39 is 49.5 Å². The molecule has 0 aliphatic carbocycles. The fourth-order valence-corrected chi connectivity index (χ4v) is 7.94. The molecule has 0 bridgehead atoms. The largest absolute Gasteiger partial charge is 0.394 e. The van der Waals surface area contributed by atoms with Gasteiger partial charge in [0.05, 0.1) is 25.4 Å². The maximum Gasteiger partial charge on any atom is 0.220 e. The van der Waals surface area contributed by atoms with Gasteiger partial charge in [0.2, 0.25) is 5.91 Å². The van der Waals surface area contributed by atoms with Crippen LogP contribution in [-0.4, -0.2) is 87.5 Å². The molecule has 1 saturated heterocycles. The van der Waals surface area contributed by atoms with E-state index in [-0.39, 0.29) is 12.5 Å². The van der Waals surface area contributed by atoms with Crippen LogP contribution in [0.5, 0.6) is 0 Å². The van der Waals surface area contributed by atoms with Crippen molar-refractivity contribution in [1.82, 2.24) is 5.32 Å². The number of nitrogens with one attached hydrogen (secondary N) is 1. The Morgan fingerprint density at radius 1 is 0.522 bits per heavy atom. The fraction of sp³-hybridized carbons (Fsp3) is 0.707. The lowest BCUT2D eigenvalue weighted by Crippen LogP contribution is -2.60. The lowest BCUT2D eigenvalue weighted by molar-refractivity contribution is -0.302. The van der Waals surface area contributed by atoms with Crippen molar-refractivity contribution in [2.24, 2.45) is 0 Å². The molecule has 7 unspecified atom stereocenters. The van der Waals surface area contributed by atoms with E-state index in [0.29, 0.717) is 12.8 Å². The molecular formula is C58H99NO8. The van der Waals surface area contributed by atoms with Crippen LogP contribution >= 0.6 is 0 Å². The van der Waals surface area contributed by atoms with E-state index in [0.717, 1.165) is 103 Å². The van der Waals surface area contributed by atoms with Crippen LogP contribution in [0.4, 0.5) is 0 Å². The van der Waals surface area contributed by atoms with Gasteiger partial charge in [-0.2, -0.15) is 0 Å². The van der Waals surface area contributed by atoms with Crippen molar-refractivity contribution in [2.75, 3.05) is 13.2 Å². The molecule has 1 aliphatic heterocycles. The van der Waals surface area contributed by atoms with Crippen LogP contribution in [-0.2, 0) is 14.3 Å². The third kappa shape index (κ3) is 36.7. The summed E-state index contributed by atoms with van der Waals surface area (Å²) < 4.78 is 11.3. The molecule has 1 rings (SSSR count). The molecule has 0 radical (unpaired) electrons. The molecule has 0 aromatic carbocycles. The van der Waals surface area contributed by atoms with Gasteiger partial charge in [-0.25, -0.2) is 0 Å². The van der Waals surface area contributed by atoms with Gasteiger partial charge in [0.25, 0.3) is 0 Å². The van der Waals surface area contributed by atoms with Gasteiger partial charge < -0.3 is 40.3 Å². The van der Waals surface area contributed by atoms with Gasteiger partial charge in [0, 0.05) is 6.42 Å². The smallest absolute Gasteiger partial charge is 0.220 e. The van der Waals surface area contributed by atoms with Gasteiger partial charge in [-0.05, 0) is 77.0 Å². The highest BCUT2D eigenvalue weighted by Gasteiger charge is 2.44. The minimum absolute atomic E-state index is 0.154. The van der Waals surface area contributed by atoms with Crippen LogP contribution in [0.1, 0.15) is 206 Å². The molecular weight excluding hydrogens is 839 g/mol. The molecule has 1 aliphatic rings. The standard InChI is InChI=1S/C58H99NO8/c1-3-5-7-9-11-13-15-17-19-20-21-22-23-24-25-26-27-28-29-30-31-32-34-36-38-40-42-44-46-48-54(62)59-51(50-66-58-57(65)56(64)55(63)53(49-60)67-58)52(61)47-45-43-41-39-37-35-33-18-16-14-12-10-8-6-4-2/h5,7,11,13,17,19,21-22,24-25,27-28,30-31,34,36,51-53,55-58,60-61,63-65H,3-4,6,8-10,12,14-16,18,20,23,26,29,32-33,35,37-50H2,1-2H3,(H,59,62)/b7-5-,13-11-,19-17-,22-21-,25-24-,28-27-,31-30-,36-34-. The Labute approximate surface area is 409 Å². The SMILES string of the molecule is CC/C=C\C/C=C\C/C=C\C/C=C\C/C=C\C/C=C\C/C=C\C/C=C\CCCCCCC(=O)NC(COC1OC(CO)C(O)C(O)C1O)C(O)CCCCCCCCCCCCCCCCC. The van der Waals surface area contributed by atoms with Crippen LogP contribution < -0.4 is 5.32 Å². The highest BCUT2D eigenvalue weighted by Crippen LogP contribution is 2.23. The Morgan fingerprint density at radius 2 is 0.925 bits per heavy atom. The summed E-state index contributed by atoms with van der Waals surface area (Å²) in [7, 11) is 0. The Morgan fingerprint density at radius 3 is 1.37 bits per heavy atom. The first-order valence-electron chi connectivity index (χ1n) is 26.9. The van der Waals surface area contributed by atoms with Crippen molar-refractivity contribution in [3.8, 4) is 0 Å². The third-order valence-electron chi connectivity index (χ3n) is 12.2. The van der Waals surface area contributed by atoms with E-state index in [9.17, 15) is 30.3 Å². The number of ether oxygens (including phenoxy) is 2. The molecule has 1 fully saturated rings. The van der Waals surface area contributed by atoms with E-state index in [1.54, 1.807) is 0 Å². The normalized spacial score (nSPS) is 20.5. The Hall–Kier alpha value is -2.89. The molecule has 9 nitrogen and oxygen atoms in total. The first-order valence-corrected chi connectivity index (χ1v) is 26.9. The molecule has 0 aromatic rings. The number of aliphatic hydroxyl groups is 5. The predicted molar refractivity (Wildman–Crippen MR) is 281 cm³/mol. The number of hydrogen-bond donors (Lipinski definition) is 6. The van der Waals surface area contributed by atoms with Gasteiger partial charge in [-0.3, -0.25) is 4.79 Å². The lowest BCUT2D eigenvalue weighted by atomic mass is 9.99. The molecule has 384 valence electrons. The summed E-state index contributed by atoms with van der Waals surface area (Å²) in [6, 6.07) is -0.740. The second-order valence-corrected chi connectivity index (χ2v) is 18.3. The maximum atomic E-state index is 13.0. The first kappa shape index (κ1) is 62.1. The summed E-state index contributed by atoms with van der Waals surface area (Å²) in [5.41, 5.74) is 0. The maximum absolute atomic E-state index is 13.0. The minimum atomic E-state index is -1.56. The molecule has 0 aromatic heterocycles. The van der Waals surface area contributed by atoms with Crippen molar-refractivity contribution in [3.63, 3.8) is 0 Å². The van der Waals surface area contributed by atoms with Crippen LogP contribution in [0.25, 0.3) is 0 Å². The van der Waals surface area contributed by atoms with Gasteiger partial charge >= 0.3 is 0 Å². The summed E-state index contributed by atoms with van der Waals surface area (Å²) in [6.45, 7) is 3.70. The second kappa shape index (κ2) is 46.8. The molecule has 1 amide bonds. The number of hydrogen-bond acceptors (Lipinski definition) is 8. The average molecular weight is 938 g/mol. The van der Waals surface area contributed by atoms with Crippen molar-refractivity contribution >= 4 is 5.91 Å². The number of unbranched alkanes of at least 4 members (excludes halogenated alkanes) is 18. The lowest BCUT2D eigenvalue weighted by Gasteiger charge is -2.40. The van der Waals surface area contributed by atoms with Gasteiger partial charge in [0.1, 0.15) is 24.4 Å². The number of allylic oxidation sites excluding steroid dienone is 16. The van der Waals surface area contributed by atoms with Gasteiger partial charge in [-0.1, -0.05) is 220 Å². The Kier molecular flexibility index (Phi) is 43.4. The highest BCUT2D eigenvalue weighted by molar-refractivity contribution is 5.76. The van der Waals surface area contributed by atoms with Crippen LogP contribution in [0.3, 0.4) is 0 Å². The molecule has 7 atom stereocenters. The van der Waals surface area contributed by atoms with Crippen molar-refractivity contribution in [3.05, 3.63) is 97.2 Å². The summed E-state index contributed by atoms with van der Waals surface area (Å²) in [5, 5.41) is 54.5. The van der Waals surface area contributed by atoms with Crippen molar-refractivity contribution in [1.29, 1.82) is 0 Å². The summed E-state index contributed by atoms with van der Waals surface area (Å²) in [5.74, 6) is -0.173. The number of carbonyl (C=O) groups excluding carboxylic acids is 1. The number of amides is 1. The summed E-state index contributed by atoms with van der Waals surface area (Å²) in [4.78, 5) is 13.0. The Bertz CT molecular complexity index is 1370. The monoisotopic (exact) mass is 938 g/mol. The molecule has 0 spiro atoms. The molecule has 67 heavy (non-hydrogen) atoms. The predicted octanol–water partition coefficient (Wildman–Crippen LogP) is 12.8. The molecule has 6 N–H and O–H groups in total. The van der Waals surface area contributed by atoms with Crippen LogP contribution in [0, 0.1) is 0 Å². The fourth-order valence-electron chi connectivity index (χ4n) is 7.94. The number of rotatable bonds is 44. The molecule has 1 heterocycles. The highest BCUT2D eigenvalue weighted by atomic mass is 16.7. The van der Waals surface area contributed by atoms with E-state index in [1.165, 1.54) is 77.0 Å². The number of aliphatic hydroxyl groups excluding tert-OH is 5. The minimum Gasteiger partial charge on any atom is -0.394 e. The zero-order valence-electron chi connectivity index (χ0n) is 42.4.